The SMILES string of the molecule is O=C(O)C(CO)NS(=O)(=O)c1cccc([N+](=O)[O-])c1. The summed E-state index contributed by atoms with van der Waals surface area (Å²) in [5, 5.41) is 27.9. The molecule has 1 rings (SSSR count). The van der Waals surface area contributed by atoms with Gasteiger partial charge in [0.25, 0.3) is 5.69 Å². The van der Waals surface area contributed by atoms with E-state index in [-0.39, 0.29) is 0 Å². The highest BCUT2D eigenvalue weighted by atomic mass is 32.2. The van der Waals surface area contributed by atoms with E-state index in [0.717, 1.165) is 24.3 Å². The minimum Gasteiger partial charge on any atom is -0.480 e. The number of carbonyl (C=O) groups is 1. The van der Waals surface area contributed by atoms with Crippen molar-refractivity contribution in [1.82, 2.24) is 4.72 Å². The van der Waals surface area contributed by atoms with Gasteiger partial charge >= 0.3 is 5.97 Å². The van der Waals surface area contributed by atoms with Crippen molar-refractivity contribution in [3.8, 4) is 0 Å². The van der Waals surface area contributed by atoms with Crippen molar-refractivity contribution in [2.45, 2.75) is 10.9 Å². The molecule has 0 saturated carbocycles. The minimum atomic E-state index is -4.27. The van der Waals surface area contributed by atoms with Gasteiger partial charge in [-0.15, -0.1) is 0 Å². The van der Waals surface area contributed by atoms with E-state index in [1.54, 1.807) is 4.72 Å². The molecular formula is C9H10N2O7S. The average molecular weight is 290 g/mol. The number of benzene rings is 1. The van der Waals surface area contributed by atoms with Gasteiger partial charge in [-0.25, -0.2) is 8.42 Å². The van der Waals surface area contributed by atoms with Crippen molar-refractivity contribution in [3.05, 3.63) is 34.4 Å². The zero-order valence-electron chi connectivity index (χ0n) is 9.38. The summed E-state index contributed by atoms with van der Waals surface area (Å²) in [4.78, 5) is 19.9. The summed E-state index contributed by atoms with van der Waals surface area (Å²) in [7, 11) is -4.27. The predicted molar refractivity (Wildman–Crippen MR) is 61.9 cm³/mol. The number of aliphatic carboxylic acids is 1. The van der Waals surface area contributed by atoms with E-state index in [2.05, 4.69) is 0 Å². The Hall–Kier alpha value is -2.04. The molecule has 1 aromatic rings. The Morgan fingerprint density at radius 2 is 2.11 bits per heavy atom. The van der Waals surface area contributed by atoms with Gasteiger partial charge < -0.3 is 10.2 Å². The number of aliphatic hydroxyl groups is 1. The maximum Gasteiger partial charge on any atom is 0.324 e. The lowest BCUT2D eigenvalue weighted by molar-refractivity contribution is -0.385. The maximum atomic E-state index is 11.8. The summed E-state index contributed by atoms with van der Waals surface area (Å²) in [5.74, 6) is -1.56. The van der Waals surface area contributed by atoms with Crippen LogP contribution < -0.4 is 4.72 Å². The van der Waals surface area contributed by atoms with Crippen LogP contribution in [0.4, 0.5) is 5.69 Å². The number of carboxylic acids is 1. The molecule has 0 radical (unpaired) electrons. The Balaban J connectivity index is 3.10. The molecule has 0 aromatic heterocycles. The van der Waals surface area contributed by atoms with Gasteiger partial charge in [0, 0.05) is 12.1 Å². The van der Waals surface area contributed by atoms with Crippen LogP contribution in [0.2, 0.25) is 0 Å². The lowest BCUT2D eigenvalue weighted by atomic mass is 10.3. The number of nitrogens with zero attached hydrogens (tertiary/aromatic N) is 1. The second-order valence-corrected chi connectivity index (χ2v) is 5.16. The van der Waals surface area contributed by atoms with Crippen LogP contribution >= 0.6 is 0 Å². The first-order valence-corrected chi connectivity index (χ1v) is 6.36. The first kappa shape index (κ1) is 15.0. The highest BCUT2D eigenvalue weighted by Gasteiger charge is 2.25. The molecule has 0 aliphatic heterocycles. The Morgan fingerprint density at radius 3 is 2.58 bits per heavy atom. The van der Waals surface area contributed by atoms with Gasteiger partial charge in [-0.3, -0.25) is 14.9 Å². The molecule has 0 spiro atoms. The molecule has 0 bridgehead atoms. The van der Waals surface area contributed by atoms with E-state index in [1.165, 1.54) is 0 Å². The third-order valence-corrected chi connectivity index (χ3v) is 3.59. The molecule has 1 aromatic carbocycles. The molecule has 3 N–H and O–H groups in total. The van der Waals surface area contributed by atoms with Gasteiger partial charge in [0.05, 0.1) is 16.4 Å². The van der Waals surface area contributed by atoms with Gasteiger partial charge in [-0.2, -0.15) is 4.72 Å². The van der Waals surface area contributed by atoms with E-state index >= 15 is 0 Å². The molecule has 10 heteroatoms. The Kier molecular flexibility index (Phi) is 4.53. The number of carboxylic acid groups (broad SMARTS) is 1. The minimum absolute atomic E-state index is 0.446. The van der Waals surface area contributed by atoms with Crippen LogP contribution in [0.15, 0.2) is 29.2 Å². The monoisotopic (exact) mass is 290 g/mol. The van der Waals surface area contributed by atoms with Crippen LogP contribution in [0.3, 0.4) is 0 Å². The molecule has 0 aliphatic carbocycles. The highest BCUT2D eigenvalue weighted by molar-refractivity contribution is 7.89. The van der Waals surface area contributed by atoms with Crippen LogP contribution in [0.25, 0.3) is 0 Å². The standard InChI is InChI=1S/C9H10N2O7S/c12-5-8(9(13)14)10-19(17,18)7-3-1-2-6(4-7)11(15)16/h1-4,8,10,12H,5H2,(H,13,14). The van der Waals surface area contributed by atoms with E-state index in [0.29, 0.717) is 0 Å². The second kappa shape index (κ2) is 5.73. The summed E-state index contributed by atoms with van der Waals surface area (Å²) in [6.45, 7) is -0.941. The van der Waals surface area contributed by atoms with Crippen LogP contribution in [0.1, 0.15) is 0 Å². The van der Waals surface area contributed by atoms with Crippen molar-refractivity contribution in [3.63, 3.8) is 0 Å². The average Bonchev–Trinajstić information content (AvgIpc) is 2.35. The number of aliphatic hydroxyl groups excluding tert-OH is 1. The molecule has 19 heavy (non-hydrogen) atoms. The molecule has 0 saturated heterocycles. The summed E-state index contributed by atoms with van der Waals surface area (Å²) in [5.41, 5.74) is -0.446. The largest absolute Gasteiger partial charge is 0.480 e. The highest BCUT2D eigenvalue weighted by Crippen LogP contribution is 2.17. The van der Waals surface area contributed by atoms with Crippen molar-refractivity contribution in [2.75, 3.05) is 6.61 Å². The fourth-order valence-electron chi connectivity index (χ4n) is 1.19. The summed E-state index contributed by atoms with van der Waals surface area (Å²) < 4.78 is 25.3. The van der Waals surface area contributed by atoms with Crippen LogP contribution in [-0.4, -0.2) is 42.2 Å². The van der Waals surface area contributed by atoms with Crippen molar-refractivity contribution >= 4 is 21.7 Å². The van der Waals surface area contributed by atoms with Crippen LogP contribution in [0, 0.1) is 10.1 Å². The molecule has 1 unspecified atom stereocenters. The second-order valence-electron chi connectivity index (χ2n) is 3.45. The maximum absolute atomic E-state index is 11.8. The number of nitro benzene ring substituents is 1. The third-order valence-electron chi connectivity index (χ3n) is 2.12. The number of hydrogen-bond acceptors (Lipinski definition) is 6. The van der Waals surface area contributed by atoms with Gasteiger partial charge in [0.15, 0.2) is 0 Å². The van der Waals surface area contributed by atoms with Gasteiger partial charge in [-0.05, 0) is 6.07 Å². The van der Waals surface area contributed by atoms with E-state index < -0.39 is 44.1 Å². The topological polar surface area (TPSA) is 147 Å². The first-order valence-electron chi connectivity index (χ1n) is 4.88. The third kappa shape index (κ3) is 3.71. The number of nitrogens with one attached hydrogen (secondary N) is 1. The Morgan fingerprint density at radius 1 is 1.47 bits per heavy atom. The van der Waals surface area contributed by atoms with Crippen molar-refractivity contribution in [2.24, 2.45) is 0 Å². The zero-order chi connectivity index (χ0) is 14.6. The van der Waals surface area contributed by atoms with E-state index in [4.69, 9.17) is 10.2 Å². The quantitative estimate of drug-likeness (QED) is 0.464. The van der Waals surface area contributed by atoms with Crippen molar-refractivity contribution < 1.29 is 28.3 Å². The first-order chi connectivity index (χ1) is 8.77. The molecule has 104 valence electrons. The van der Waals surface area contributed by atoms with E-state index in [1.807, 2.05) is 0 Å². The smallest absolute Gasteiger partial charge is 0.324 e. The summed E-state index contributed by atoms with van der Waals surface area (Å²) >= 11 is 0. The normalized spacial score (nSPS) is 12.9. The molecule has 0 heterocycles. The van der Waals surface area contributed by atoms with Crippen molar-refractivity contribution in [1.29, 1.82) is 0 Å². The zero-order valence-corrected chi connectivity index (χ0v) is 10.2. The number of nitro groups is 1. The van der Waals surface area contributed by atoms with Crippen LogP contribution in [-0.2, 0) is 14.8 Å². The molecule has 0 amide bonds. The number of hydrogen-bond donors (Lipinski definition) is 3. The number of non-ortho nitro benzene ring substituents is 1. The van der Waals surface area contributed by atoms with Gasteiger partial charge in [-0.1, -0.05) is 6.07 Å². The Labute approximate surface area is 107 Å². The lowest BCUT2D eigenvalue weighted by Crippen LogP contribution is -2.43. The Bertz CT molecular complexity index is 598. The van der Waals surface area contributed by atoms with Crippen LogP contribution in [0.5, 0.6) is 0 Å². The summed E-state index contributed by atoms with van der Waals surface area (Å²) in [6, 6.07) is 2.40. The van der Waals surface area contributed by atoms with Gasteiger partial charge in [0.1, 0.15) is 6.04 Å². The fraction of sp³-hybridized carbons (Fsp3) is 0.222. The predicted octanol–water partition coefficient (Wildman–Crippen LogP) is -0.681. The van der Waals surface area contributed by atoms with Gasteiger partial charge in [0.2, 0.25) is 10.0 Å². The number of sulfonamides is 1. The molecular weight excluding hydrogens is 280 g/mol. The molecule has 0 aliphatic rings. The lowest BCUT2D eigenvalue weighted by Gasteiger charge is -2.11. The molecule has 9 nitrogen and oxygen atoms in total. The molecule has 1 atom stereocenters. The number of rotatable bonds is 6. The molecule has 0 fully saturated rings. The fourth-order valence-corrected chi connectivity index (χ4v) is 2.40. The van der Waals surface area contributed by atoms with E-state index in [9.17, 15) is 23.3 Å². The summed E-state index contributed by atoms with van der Waals surface area (Å²) in [6.07, 6.45) is 0.